The van der Waals surface area contributed by atoms with E-state index in [1.54, 1.807) is 63.2 Å². The number of para-hydroxylation sites is 2. The van der Waals surface area contributed by atoms with Crippen molar-refractivity contribution >= 4 is 33.3 Å². The van der Waals surface area contributed by atoms with Crippen LogP contribution in [0, 0.1) is 6.92 Å². The SMILES string of the molecule is CCOC(=O)c1ccc(NC(=O)[C@H]2CN(S(=O)(=O)CC)c3ccccc3O2)c(C)c1. The van der Waals surface area contributed by atoms with E-state index in [4.69, 9.17) is 9.47 Å². The molecule has 0 fully saturated rings. The summed E-state index contributed by atoms with van der Waals surface area (Å²) in [6.45, 7) is 5.18. The molecule has 0 spiro atoms. The van der Waals surface area contributed by atoms with E-state index in [2.05, 4.69) is 5.32 Å². The van der Waals surface area contributed by atoms with Gasteiger partial charge in [0.2, 0.25) is 10.0 Å². The lowest BCUT2D eigenvalue weighted by molar-refractivity contribution is -0.122. The van der Waals surface area contributed by atoms with E-state index in [0.29, 0.717) is 28.3 Å². The minimum Gasteiger partial charge on any atom is -0.476 e. The molecule has 0 radical (unpaired) electrons. The first-order chi connectivity index (χ1) is 14.3. The van der Waals surface area contributed by atoms with Gasteiger partial charge in [-0.25, -0.2) is 13.2 Å². The summed E-state index contributed by atoms with van der Waals surface area (Å²) in [7, 11) is -3.58. The molecule has 1 atom stereocenters. The van der Waals surface area contributed by atoms with Gasteiger partial charge < -0.3 is 14.8 Å². The molecule has 3 rings (SSSR count). The van der Waals surface area contributed by atoms with Gasteiger partial charge in [-0.3, -0.25) is 9.10 Å². The van der Waals surface area contributed by atoms with E-state index >= 15 is 0 Å². The van der Waals surface area contributed by atoms with E-state index < -0.39 is 28.0 Å². The minimum absolute atomic E-state index is 0.0932. The van der Waals surface area contributed by atoms with Gasteiger partial charge in [-0.1, -0.05) is 12.1 Å². The predicted octanol–water partition coefficient (Wildman–Crippen LogP) is 2.73. The van der Waals surface area contributed by atoms with Crippen LogP contribution in [-0.2, 0) is 19.6 Å². The normalized spacial score (nSPS) is 15.7. The van der Waals surface area contributed by atoms with Crippen molar-refractivity contribution in [2.45, 2.75) is 26.9 Å². The molecule has 30 heavy (non-hydrogen) atoms. The molecule has 0 aliphatic carbocycles. The predicted molar refractivity (Wildman–Crippen MR) is 113 cm³/mol. The zero-order chi connectivity index (χ0) is 21.9. The summed E-state index contributed by atoms with van der Waals surface area (Å²) in [6, 6.07) is 11.5. The molecule has 2 aromatic rings. The van der Waals surface area contributed by atoms with Gasteiger partial charge in [0, 0.05) is 5.69 Å². The van der Waals surface area contributed by atoms with Crippen molar-refractivity contribution < 1.29 is 27.5 Å². The highest BCUT2D eigenvalue weighted by molar-refractivity contribution is 7.92. The molecular weight excluding hydrogens is 408 g/mol. The number of nitrogens with one attached hydrogen (secondary N) is 1. The van der Waals surface area contributed by atoms with Crippen molar-refractivity contribution in [3.8, 4) is 5.75 Å². The number of anilines is 2. The molecule has 8 nitrogen and oxygen atoms in total. The molecule has 1 amide bonds. The Labute approximate surface area is 175 Å². The van der Waals surface area contributed by atoms with Crippen molar-refractivity contribution in [3.63, 3.8) is 0 Å². The number of fused-ring (bicyclic) bond motifs is 1. The Kier molecular flexibility index (Phi) is 6.31. The maximum atomic E-state index is 12.9. The summed E-state index contributed by atoms with van der Waals surface area (Å²) < 4.78 is 37.1. The molecule has 0 unspecified atom stereocenters. The number of carbonyl (C=O) groups is 2. The van der Waals surface area contributed by atoms with E-state index in [1.807, 2.05) is 0 Å². The Morgan fingerprint density at radius 1 is 1.20 bits per heavy atom. The number of aryl methyl sites for hydroxylation is 1. The van der Waals surface area contributed by atoms with E-state index in [1.165, 1.54) is 4.31 Å². The largest absolute Gasteiger partial charge is 0.476 e. The Hall–Kier alpha value is -3.07. The summed E-state index contributed by atoms with van der Waals surface area (Å²) in [5, 5.41) is 2.76. The van der Waals surface area contributed by atoms with Crippen LogP contribution in [0.25, 0.3) is 0 Å². The number of benzene rings is 2. The fraction of sp³-hybridized carbons (Fsp3) is 0.333. The summed E-state index contributed by atoms with van der Waals surface area (Å²) >= 11 is 0. The number of sulfonamides is 1. The number of hydrogen-bond donors (Lipinski definition) is 1. The minimum atomic E-state index is -3.58. The Morgan fingerprint density at radius 2 is 1.93 bits per heavy atom. The number of rotatable bonds is 6. The standard InChI is InChI=1S/C21H24N2O6S/c1-4-28-21(25)15-10-11-16(14(3)12-15)22-20(24)19-13-23(30(26,27)5-2)17-8-6-7-9-18(17)29-19/h6-12,19H,4-5,13H2,1-3H3,(H,22,24)/t19-/m1/s1. The smallest absolute Gasteiger partial charge is 0.338 e. The first-order valence-electron chi connectivity index (χ1n) is 9.61. The van der Waals surface area contributed by atoms with Gasteiger partial charge in [-0.05, 0) is 56.7 Å². The van der Waals surface area contributed by atoms with Gasteiger partial charge in [-0.15, -0.1) is 0 Å². The number of amides is 1. The number of esters is 1. The van der Waals surface area contributed by atoms with Crippen molar-refractivity contribution in [2.75, 3.05) is 28.5 Å². The van der Waals surface area contributed by atoms with Crippen LogP contribution in [0.15, 0.2) is 42.5 Å². The number of nitrogens with zero attached hydrogens (tertiary/aromatic N) is 1. The molecule has 0 bridgehead atoms. The molecule has 9 heteroatoms. The molecule has 1 N–H and O–H groups in total. The summed E-state index contributed by atoms with van der Waals surface area (Å²) in [5.41, 5.74) is 1.97. The van der Waals surface area contributed by atoms with E-state index in [0.717, 1.165) is 0 Å². The van der Waals surface area contributed by atoms with Crippen LogP contribution < -0.4 is 14.4 Å². The molecule has 2 aromatic carbocycles. The quantitative estimate of drug-likeness (QED) is 0.705. The highest BCUT2D eigenvalue weighted by atomic mass is 32.2. The van der Waals surface area contributed by atoms with Gasteiger partial charge in [0.1, 0.15) is 5.75 Å². The van der Waals surface area contributed by atoms with Gasteiger partial charge in [0.25, 0.3) is 5.91 Å². The Bertz CT molecular complexity index is 1070. The summed E-state index contributed by atoms with van der Waals surface area (Å²) in [5.74, 6) is -0.682. The zero-order valence-corrected chi connectivity index (χ0v) is 17.9. The molecule has 1 aliphatic rings. The Morgan fingerprint density at radius 3 is 2.60 bits per heavy atom. The third kappa shape index (κ3) is 4.40. The fourth-order valence-electron chi connectivity index (χ4n) is 3.12. The van der Waals surface area contributed by atoms with Gasteiger partial charge in [0.05, 0.1) is 30.2 Å². The average molecular weight is 432 g/mol. The van der Waals surface area contributed by atoms with Crippen LogP contribution in [0.2, 0.25) is 0 Å². The highest BCUT2D eigenvalue weighted by Gasteiger charge is 2.36. The number of carbonyl (C=O) groups excluding carboxylic acids is 2. The second kappa shape index (κ2) is 8.74. The molecule has 1 aliphatic heterocycles. The first kappa shape index (κ1) is 21.6. The highest BCUT2D eigenvalue weighted by Crippen LogP contribution is 2.35. The molecule has 0 saturated heterocycles. The van der Waals surface area contributed by atoms with Crippen LogP contribution in [0.1, 0.15) is 29.8 Å². The third-order valence-electron chi connectivity index (χ3n) is 4.72. The van der Waals surface area contributed by atoms with Crippen LogP contribution in [0.3, 0.4) is 0 Å². The van der Waals surface area contributed by atoms with Gasteiger partial charge in [0.15, 0.2) is 6.10 Å². The Balaban J connectivity index is 1.82. The zero-order valence-electron chi connectivity index (χ0n) is 17.0. The maximum absolute atomic E-state index is 12.9. The first-order valence-corrected chi connectivity index (χ1v) is 11.2. The van der Waals surface area contributed by atoms with E-state index in [-0.39, 0.29) is 18.9 Å². The van der Waals surface area contributed by atoms with Crippen LogP contribution in [-0.4, -0.2) is 45.3 Å². The fourth-order valence-corrected chi connectivity index (χ4v) is 4.24. The molecule has 1 heterocycles. The summed E-state index contributed by atoms with van der Waals surface area (Å²) in [4.78, 5) is 24.7. The van der Waals surface area contributed by atoms with Crippen LogP contribution in [0.5, 0.6) is 5.75 Å². The monoisotopic (exact) mass is 432 g/mol. The topological polar surface area (TPSA) is 102 Å². The lowest BCUT2D eigenvalue weighted by Gasteiger charge is -2.34. The molecule has 0 saturated carbocycles. The molecule has 0 aromatic heterocycles. The van der Waals surface area contributed by atoms with Crippen molar-refractivity contribution in [2.24, 2.45) is 0 Å². The maximum Gasteiger partial charge on any atom is 0.338 e. The van der Waals surface area contributed by atoms with Gasteiger partial charge in [-0.2, -0.15) is 0 Å². The van der Waals surface area contributed by atoms with Gasteiger partial charge >= 0.3 is 5.97 Å². The lowest BCUT2D eigenvalue weighted by atomic mass is 10.1. The number of hydrogen-bond acceptors (Lipinski definition) is 6. The molecular formula is C21H24N2O6S. The van der Waals surface area contributed by atoms with Crippen molar-refractivity contribution in [3.05, 3.63) is 53.6 Å². The molecule has 160 valence electrons. The van der Waals surface area contributed by atoms with Crippen LogP contribution >= 0.6 is 0 Å². The third-order valence-corrected chi connectivity index (χ3v) is 6.47. The van der Waals surface area contributed by atoms with Crippen molar-refractivity contribution in [1.29, 1.82) is 0 Å². The second-order valence-electron chi connectivity index (χ2n) is 6.75. The van der Waals surface area contributed by atoms with E-state index in [9.17, 15) is 18.0 Å². The number of ether oxygens (including phenoxy) is 2. The lowest BCUT2D eigenvalue weighted by Crippen LogP contribution is -2.49. The summed E-state index contributed by atoms with van der Waals surface area (Å²) in [6.07, 6.45) is -1.02. The van der Waals surface area contributed by atoms with Crippen molar-refractivity contribution in [1.82, 2.24) is 0 Å². The average Bonchev–Trinajstić information content (AvgIpc) is 2.74. The van der Waals surface area contributed by atoms with Crippen LogP contribution in [0.4, 0.5) is 11.4 Å². The second-order valence-corrected chi connectivity index (χ2v) is 8.93.